The van der Waals surface area contributed by atoms with Crippen molar-refractivity contribution >= 4 is 17.3 Å². The largest absolute Gasteiger partial charge is 0.497 e. The molecule has 4 rings (SSSR count). The number of benzene rings is 2. The number of methoxy groups -OCH3 is 1. The summed E-state index contributed by atoms with van der Waals surface area (Å²) in [5.74, 6) is 1.57. The van der Waals surface area contributed by atoms with Gasteiger partial charge in [-0.2, -0.15) is 10.1 Å². The van der Waals surface area contributed by atoms with E-state index < -0.39 is 0 Å². The van der Waals surface area contributed by atoms with Gasteiger partial charge >= 0.3 is 0 Å². The van der Waals surface area contributed by atoms with E-state index in [4.69, 9.17) is 4.74 Å². The van der Waals surface area contributed by atoms with Crippen LogP contribution in [0.3, 0.4) is 0 Å². The summed E-state index contributed by atoms with van der Waals surface area (Å²) in [5, 5.41) is 7.76. The highest BCUT2D eigenvalue weighted by molar-refractivity contribution is 5.77. The molecule has 6 nitrogen and oxygen atoms in total. The van der Waals surface area contributed by atoms with Crippen LogP contribution < -0.4 is 15.0 Å². The molecule has 0 fully saturated rings. The molecule has 0 spiro atoms. The molecule has 1 N–H and O–H groups in total. The van der Waals surface area contributed by atoms with Crippen molar-refractivity contribution in [3.63, 3.8) is 0 Å². The van der Waals surface area contributed by atoms with E-state index in [-0.39, 0.29) is 6.04 Å². The van der Waals surface area contributed by atoms with E-state index in [9.17, 15) is 0 Å². The number of anilines is 2. The molecule has 3 aromatic rings. The molecule has 0 radical (unpaired) electrons. The SMILES string of the molecule is COc1ccc(C2=C[C@H](c3ccc(N(C)C)cc3)n3ncnc3N2)cc1. The number of hydrogen-bond acceptors (Lipinski definition) is 5. The Labute approximate surface area is 152 Å². The van der Waals surface area contributed by atoms with Crippen molar-refractivity contribution in [3.05, 3.63) is 72.1 Å². The fraction of sp³-hybridized carbons (Fsp3) is 0.200. The number of nitrogens with zero attached hydrogens (tertiary/aromatic N) is 4. The maximum atomic E-state index is 5.25. The summed E-state index contributed by atoms with van der Waals surface area (Å²) in [6.07, 6.45) is 3.75. The number of allylic oxidation sites excluding steroid dienone is 1. The molecule has 0 saturated carbocycles. The number of rotatable bonds is 4. The Morgan fingerprint density at radius 3 is 2.42 bits per heavy atom. The third-order valence-electron chi connectivity index (χ3n) is 4.56. The number of aromatic nitrogens is 3. The molecule has 1 aliphatic heterocycles. The number of nitrogens with one attached hydrogen (secondary N) is 1. The molecule has 0 saturated heterocycles. The lowest BCUT2D eigenvalue weighted by Gasteiger charge is -2.25. The zero-order valence-corrected chi connectivity index (χ0v) is 15.0. The van der Waals surface area contributed by atoms with Crippen molar-refractivity contribution in [1.82, 2.24) is 14.8 Å². The standard InChI is InChI=1S/C20H21N5O/c1-24(2)16-8-4-15(5-9-16)19-12-18(23-20-21-13-22-25(19)20)14-6-10-17(26-3)11-7-14/h4-13,19H,1-3H3,(H,21,22,23)/t19-/m1/s1. The van der Waals surface area contributed by atoms with Crippen LogP contribution >= 0.6 is 0 Å². The monoisotopic (exact) mass is 347 g/mol. The summed E-state index contributed by atoms with van der Waals surface area (Å²) in [5.41, 5.74) is 4.42. The Kier molecular flexibility index (Phi) is 4.08. The van der Waals surface area contributed by atoms with Gasteiger partial charge in [-0.05, 0) is 53.6 Å². The van der Waals surface area contributed by atoms with Crippen LogP contribution in [-0.4, -0.2) is 36.0 Å². The molecular weight excluding hydrogens is 326 g/mol. The molecular formula is C20H21N5O. The molecule has 0 aliphatic carbocycles. The van der Waals surface area contributed by atoms with E-state index in [2.05, 4.69) is 50.6 Å². The van der Waals surface area contributed by atoms with E-state index in [1.165, 1.54) is 5.69 Å². The van der Waals surface area contributed by atoms with Gasteiger partial charge in [0, 0.05) is 25.5 Å². The molecule has 26 heavy (non-hydrogen) atoms. The third kappa shape index (κ3) is 2.90. The van der Waals surface area contributed by atoms with Gasteiger partial charge in [-0.25, -0.2) is 4.68 Å². The molecule has 132 valence electrons. The van der Waals surface area contributed by atoms with Crippen LogP contribution in [0, 0.1) is 0 Å². The smallest absolute Gasteiger partial charge is 0.226 e. The first-order valence-electron chi connectivity index (χ1n) is 8.46. The molecule has 2 aromatic carbocycles. The molecule has 1 aromatic heterocycles. The average molecular weight is 347 g/mol. The topological polar surface area (TPSA) is 55.2 Å². The number of ether oxygens (including phenoxy) is 1. The third-order valence-corrected chi connectivity index (χ3v) is 4.56. The normalized spacial score (nSPS) is 15.7. The van der Waals surface area contributed by atoms with Crippen molar-refractivity contribution in [3.8, 4) is 5.75 Å². The minimum Gasteiger partial charge on any atom is -0.497 e. The summed E-state index contributed by atoms with van der Waals surface area (Å²) >= 11 is 0. The second-order valence-corrected chi connectivity index (χ2v) is 6.39. The highest BCUT2D eigenvalue weighted by Crippen LogP contribution is 2.32. The van der Waals surface area contributed by atoms with E-state index >= 15 is 0 Å². The van der Waals surface area contributed by atoms with Gasteiger partial charge in [-0.3, -0.25) is 0 Å². The Bertz CT molecular complexity index is 926. The zero-order chi connectivity index (χ0) is 18.1. The first-order valence-corrected chi connectivity index (χ1v) is 8.46. The lowest BCUT2D eigenvalue weighted by atomic mass is 10.0. The Morgan fingerprint density at radius 2 is 1.77 bits per heavy atom. The van der Waals surface area contributed by atoms with Crippen LogP contribution in [0.25, 0.3) is 5.70 Å². The van der Waals surface area contributed by atoms with Crippen LogP contribution in [0.15, 0.2) is 60.9 Å². The van der Waals surface area contributed by atoms with E-state index in [1.54, 1.807) is 13.4 Å². The van der Waals surface area contributed by atoms with Crippen LogP contribution in [0.5, 0.6) is 5.75 Å². The highest BCUT2D eigenvalue weighted by Gasteiger charge is 2.23. The predicted octanol–water partition coefficient (Wildman–Crippen LogP) is 3.41. The van der Waals surface area contributed by atoms with Crippen molar-refractivity contribution in [2.45, 2.75) is 6.04 Å². The second kappa shape index (κ2) is 6.55. The minimum absolute atomic E-state index is 0.0120. The van der Waals surface area contributed by atoms with Gasteiger partial charge in [0.1, 0.15) is 18.1 Å². The average Bonchev–Trinajstić information content (AvgIpc) is 3.16. The molecule has 2 heterocycles. The van der Waals surface area contributed by atoms with Gasteiger partial charge in [-0.15, -0.1) is 0 Å². The van der Waals surface area contributed by atoms with Gasteiger partial charge in [0.2, 0.25) is 5.95 Å². The van der Waals surface area contributed by atoms with Gasteiger partial charge in [0.25, 0.3) is 0 Å². The first-order chi connectivity index (χ1) is 12.7. The zero-order valence-electron chi connectivity index (χ0n) is 15.0. The van der Waals surface area contributed by atoms with Gasteiger partial charge in [0.15, 0.2) is 0 Å². The Morgan fingerprint density at radius 1 is 1.04 bits per heavy atom. The molecule has 1 atom stereocenters. The summed E-state index contributed by atoms with van der Waals surface area (Å²) in [4.78, 5) is 6.44. The Hall–Kier alpha value is -3.28. The lowest BCUT2D eigenvalue weighted by Crippen LogP contribution is -2.20. The quantitative estimate of drug-likeness (QED) is 0.784. The van der Waals surface area contributed by atoms with Crippen LogP contribution in [-0.2, 0) is 0 Å². The van der Waals surface area contributed by atoms with Gasteiger partial charge in [0.05, 0.1) is 7.11 Å². The van der Waals surface area contributed by atoms with E-state index in [1.807, 2.05) is 43.0 Å². The minimum atomic E-state index is -0.0120. The number of hydrogen-bond donors (Lipinski definition) is 1. The fourth-order valence-corrected chi connectivity index (χ4v) is 3.08. The van der Waals surface area contributed by atoms with Gasteiger partial charge in [-0.1, -0.05) is 12.1 Å². The van der Waals surface area contributed by atoms with Crippen molar-refractivity contribution in [1.29, 1.82) is 0 Å². The molecule has 0 bridgehead atoms. The fourth-order valence-electron chi connectivity index (χ4n) is 3.08. The van der Waals surface area contributed by atoms with Crippen LogP contribution in [0.4, 0.5) is 11.6 Å². The highest BCUT2D eigenvalue weighted by atomic mass is 16.5. The van der Waals surface area contributed by atoms with Crippen molar-refractivity contribution < 1.29 is 4.74 Å². The lowest BCUT2D eigenvalue weighted by molar-refractivity contribution is 0.415. The summed E-state index contributed by atoms with van der Waals surface area (Å²) < 4.78 is 7.15. The Balaban J connectivity index is 1.73. The first kappa shape index (κ1) is 16.2. The molecule has 0 unspecified atom stereocenters. The van der Waals surface area contributed by atoms with Gasteiger partial charge < -0.3 is 15.0 Å². The maximum absolute atomic E-state index is 5.25. The second-order valence-electron chi connectivity index (χ2n) is 6.39. The molecule has 0 amide bonds. The summed E-state index contributed by atoms with van der Waals surface area (Å²) in [6.45, 7) is 0. The predicted molar refractivity (Wildman–Crippen MR) is 104 cm³/mol. The van der Waals surface area contributed by atoms with Crippen LogP contribution in [0.1, 0.15) is 17.2 Å². The molecule has 6 heteroatoms. The summed E-state index contributed by atoms with van der Waals surface area (Å²) in [6, 6.07) is 16.5. The summed E-state index contributed by atoms with van der Waals surface area (Å²) in [7, 11) is 5.75. The van der Waals surface area contributed by atoms with E-state index in [0.717, 1.165) is 28.5 Å². The van der Waals surface area contributed by atoms with E-state index in [0.29, 0.717) is 0 Å². The van der Waals surface area contributed by atoms with Crippen molar-refractivity contribution in [2.75, 3.05) is 31.4 Å². The number of fused-ring (bicyclic) bond motifs is 1. The molecule has 1 aliphatic rings. The maximum Gasteiger partial charge on any atom is 0.226 e. The van der Waals surface area contributed by atoms with Crippen molar-refractivity contribution in [2.24, 2.45) is 0 Å². The van der Waals surface area contributed by atoms with Crippen LogP contribution in [0.2, 0.25) is 0 Å².